The number of hydrogen-bond acceptors (Lipinski definition) is 4. The molecule has 1 fully saturated rings. The quantitative estimate of drug-likeness (QED) is 0.884. The van der Waals surface area contributed by atoms with Crippen molar-refractivity contribution in [1.82, 2.24) is 4.31 Å². The lowest BCUT2D eigenvalue weighted by atomic mass is 10.1. The van der Waals surface area contributed by atoms with Crippen LogP contribution >= 0.6 is 15.9 Å². The van der Waals surface area contributed by atoms with Crippen molar-refractivity contribution in [3.8, 4) is 0 Å². The highest BCUT2D eigenvalue weighted by Gasteiger charge is 2.30. The van der Waals surface area contributed by atoms with Gasteiger partial charge in [-0.05, 0) is 46.5 Å². The van der Waals surface area contributed by atoms with Crippen molar-refractivity contribution >= 4 is 26.0 Å². The first-order chi connectivity index (χ1) is 9.48. The molecule has 2 N–H and O–H groups in total. The maximum Gasteiger partial charge on any atom is 0.244 e. The number of sulfonamides is 1. The Hall–Kier alpha value is -0.470. The van der Waals surface area contributed by atoms with E-state index in [1.54, 1.807) is 19.2 Å². The van der Waals surface area contributed by atoms with Crippen molar-refractivity contribution in [2.24, 2.45) is 5.73 Å². The van der Waals surface area contributed by atoms with Gasteiger partial charge in [-0.25, -0.2) is 8.42 Å². The van der Waals surface area contributed by atoms with Gasteiger partial charge in [0.25, 0.3) is 0 Å². The van der Waals surface area contributed by atoms with E-state index in [0.717, 1.165) is 18.4 Å². The fourth-order valence-corrected chi connectivity index (χ4v) is 4.76. The van der Waals surface area contributed by atoms with Gasteiger partial charge in [0.05, 0.1) is 11.0 Å². The molecular formula is C13H19BrN2O3S. The molecule has 1 heterocycles. The summed E-state index contributed by atoms with van der Waals surface area (Å²) in [5.41, 5.74) is 6.39. The van der Waals surface area contributed by atoms with E-state index in [-0.39, 0.29) is 11.0 Å². The van der Waals surface area contributed by atoms with Crippen molar-refractivity contribution < 1.29 is 13.2 Å². The topological polar surface area (TPSA) is 72.6 Å². The molecule has 0 radical (unpaired) electrons. The monoisotopic (exact) mass is 362 g/mol. The average molecular weight is 363 g/mol. The molecular weight excluding hydrogens is 344 g/mol. The SMILES string of the molecule is COC1CCN(S(=O)(=O)c2cc(CN)ccc2Br)CC1. The Kier molecular flexibility index (Phi) is 5.19. The number of ether oxygens (including phenoxy) is 1. The van der Waals surface area contributed by atoms with Gasteiger partial charge in [-0.1, -0.05) is 6.07 Å². The molecule has 1 aliphatic rings. The molecule has 1 aliphatic heterocycles. The second-order valence-electron chi connectivity index (χ2n) is 4.81. The van der Waals surface area contributed by atoms with Crippen molar-refractivity contribution in [2.75, 3.05) is 20.2 Å². The van der Waals surface area contributed by atoms with Gasteiger partial charge in [0.2, 0.25) is 10.0 Å². The number of halogens is 1. The highest BCUT2D eigenvalue weighted by Crippen LogP contribution is 2.28. The van der Waals surface area contributed by atoms with Gasteiger partial charge in [0.1, 0.15) is 0 Å². The number of nitrogens with zero attached hydrogens (tertiary/aromatic N) is 1. The predicted octanol–water partition coefficient (Wildman–Crippen LogP) is 1.71. The Morgan fingerprint density at radius 1 is 1.40 bits per heavy atom. The Bertz CT molecular complexity index is 569. The molecule has 0 bridgehead atoms. The Labute approximate surface area is 128 Å². The van der Waals surface area contributed by atoms with Gasteiger partial charge in [-0.3, -0.25) is 0 Å². The third-order valence-electron chi connectivity index (χ3n) is 3.58. The molecule has 1 saturated heterocycles. The first-order valence-electron chi connectivity index (χ1n) is 6.50. The lowest BCUT2D eigenvalue weighted by molar-refractivity contribution is 0.0604. The first-order valence-corrected chi connectivity index (χ1v) is 8.73. The molecule has 112 valence electrons. The van der Waals surface area contributed by atoms with Crippen LogP contribution in [-0.4, -0.2) is 39.0 Å². The molecule has 0 atom stereocenters. The summed E-state index contributed by atoms with van der Waals surface area (Å²) in [7, 11) is -1.82. The van der Waals surface area contributed by atoms with E-state index >= 15 is 0 Å². The molecule has 1 aromatic rings. The highest BCUT2D eigenvalue weighted by atomic mass is 79.9. The van der Waals surface area contributed by atoms with Gasteiger partial charge in [-0.2, -0.15) is 4.31 Å². The average Bonchev–Trinajstić information content (AvgIpc) is 2.47. The van der Waals surface area contributed by atoms with E-state index in [4.69, 9.17) is 10.5 Å². The van der Waals surface area contributed by atoms with Crippen molar-refractivity contribution in [1.29, 1.82) is 0 Å². The van der Waals surface area contributed by atoms with E-state index in [0.29, 0.717) is 24.1 Å². The molecule has 0 saturated carbocycles. The van der Waals surface area contributed by atoms with Gasteiger partial charge in [-0.15, -0.1) is 0 Å². The summed E-state index contributed by atoms with van der Waals surface area (Å²) in [5.74, 6) is 0. The number of benzene rings is 1. The third-order valence-corrected chi connectivity index (χ3v) is 6.48. The molecule has 0 spiro atoms. The first kappa shape index (κ1) is 15.9. The van der Waals surface area contributed by atoms with Gasteiger partial charge in [0, 0.05) is 31.2 Å². The number of hydrogen-bond donors (Lipinski definition) is 1. The Balaban J connectivity index is 2.27. The minimum absolute atomic E-state index is 0.153. The number of methoxy groups -OCH3 is 1. The smallest absolute Gasteiger partial charge is 0.244 e. The van der Waals surface area contributed by atoms with Gasteiger partial charge in [0.15, 0.2) is 0 Å². The second kappa shape index (κ2) is 6.53. The number of rotatable bonds is 4. The summed E-state index contributed by atoms with van der Waals surface area (Å²) >= 11 is 3.32. The van der Waals surface area contributed by atoms with Crippen LogP contribution in [0.1, 0.15) is 18.4 Å². The Morgan fingerprint density at radius 2 is 2.05 bits per heavy atom. The van der Waals surface area contributed by atoms with Crippen LogP contribution in [0.25, 0.3) is 0 Å². The lowest BCUT2D eigenvalue weighted by Crippen LogP contribution is -2.40. The van der Waals surface area contributed by atoms with Crippen LogP contribution in [0.15, 0.2) is 27.6 Å². The fraction of sp³-hybridized carbons (Fsp3) is 0.538. The summed E-state index contributed by atoms with van der Waals surface area (Å²) in [6, 6.07) is 5.19. The molecule has 20 heavy (non-hydrogen) atoms. The Morgan fingerprint density at radius 3 is 2.60 bits per heavy atom. The fourth-order valence-electron chi connectivity index (χ4n) is 2.32. The second-order valence-corrected chi connectivity index (χ2v) is 7.57. The van der Waals surface area contributed by atoms with Crippen LogP contribution in [0.3, 0.4) is 0 Å². The lowest BCUT2D eigenvalue weighted by Gasteiger charge is -2.30. The predicted molar refractivity (Wildman–Crippen MR) is 80.8 cm³/mol. The zero-order valence-corrected chi connectivity index (χ0v) is 13.8. The van der Waals surface area contributed by atoms with Crippen LogP contribution in [0.2, 0.25) is 0 Å². The van der Waals surface area contributed by atoms with E-state index in [2.05, 4.69) is 15.9 Å². The van der Waals surface area contributed by atoms with Gasteiger partial charge >= 0.3 is 0 Å². The van der Waals surface area contributed by atoms with Crippen LogP contribution in [0.5, 0.6) is 0 Å². The van der Waals surface area contributed by atoms with Crippen LogP contribution < -0.4 is 5.73 Å². The molecule has 2 rings (SSSR count). The maximum atomic E-state index is 12.7. The largest absolute Gasteiger partial charge is 0.381 e. The van der Waals surface area contributed by atoms with Gasteiger partial charge < -0.3 is 10.5 Å². The van der Waals surface area contributed by atoms with Crippen molar-refractivity contribution in [2.45, 2.75) is 30.4 Å². The molecule has 0 amide bonds. The molecule has 0 unspecified atom stereocenters. The molecule has 5 nitrogen and oxygen atoms in total. The van der Waals surface area contributed by atoms with E-state index < -0.39 is 10.0 Å². The summed E-state index contributed by atoms with van der Waals surface area (Å²) in [5, 5.41) is 0. The summed E-state index contributed by atoms with van der Waals surface area (Å²) < 4.78 is 32.7. The summed E-state index contributed by atoms with van der Waals surface area (Å²) in [6.45, 7) is 1.29. The van der Waals surface area contributed by atoms with Crippen LogP contribution in [0, 0.1) is 0 Å². The zero-order chi connectivity index (χ0) is 14.8. The summed E-state index contributed by atoms with van der Waals surface area (Å²) in [6.07, 6.45) is 1.61. The van der Waals surface area contributed by atoms with Crippen molar-refractivity contribution in [3.05, 3.63) is 28.2 Å². The standard InChI is InChI=1S/C13H19BrN2O3S/c1-19-11-4-6-16(7-5-11)20(17,18)13-8-10(9-15)2-3-12(13)14/h2-3,8,11H,4-7,9,15H2,1H3. The molecule has 0 aliphatic carbocycles. The van der Waals surface area contributed by atoms with E-state index in [1.807, 2.05) is 6.07 Å². The minimum Gasteiger partial charge on any atom is -0.381 e. The normalized spacial score (nSPS) is 18.4. The van der Waals surface area contributed by atoms with Crippen molar-refractivity contribution in [3.63, 3.8) is 0 Å². The molecule has 7 heteroatoms. The highest BCUT2D eigenvalue weighted by molar-refractivity contribution is 9.10. The van der Waals surface area contributed by atoms with Crippen LogP contribution in [-0.2, 0) is 21.3 Å². The zero-order valence-electron chi connectivity index (χ0n) is 11.4. The van der Waals surface area contributed by atoms with Crippen LogP contribution in [0.4, 0.5) is 0 Å². The third kappa shape index (κ3) is 3.23. The minimum atomic E-state index is -3.48. The number of piperidine rings is 1. The number of nitrogens with two attached hydrogens (primary N) is 1. The summed E-state index contributed by atoms with van der Waals surface area (Å²) in [4.78, 5) is 0.288. The molecule has 1 aromatic carbocycles. The maximum absolute atomic E-state index is 12.7. The van der Waals surface area contributed by atoms with E-state index in [9.17, 15) is 8.42 Å². The van der Waals surface area contributed by atoms with E-state index in [1.165, 1.54) is 4.31 Å². The molecule has 0 aromatic heterocycles.